The molecule has 0 saturated heterocycles. The Hall–Kier alpha value is -2.54. The number of nitrogens with zero attached hydrogens (tertiary/aromatic N) is 4. The fourth-order valence-electron chi connectivity index (χ4n) is 2.12. The third-order valence-corrected chi connectivity index (χ3v) is 4.28. The van der Waals surface area contributed by atoms with Crippen LogP contribution in [0.2, 0.25) is 0 Å². The summed E-state index contributed by atoms with van der Waals surface area (Å²) in [5.74, 6) is 1.20. The molecule has 0 aliphatic rings. The van der Waals surface area contributed by atoms with Crippen molar-refractivity contribution in [2.45, 2.75) is 13.5 Å². The predicted octanol–water partition coefficient (Wildman–Crippen LogP) is 2.39. The minimum Gasteiger partial charge on any atom is -0.363 e. The van der Waals surface area contributed by atoms with Gasteiger partial charge in [0.25, 0.3) is 5.91 Å². The number of fused-ring (bicyclic) bond motifs is 1. The quantitative estimate of drug-likeness (QED) is 0.797. The summed E-state index contributed by atoms with van der Waals surface area (Å²) in [6.45, 7) is 2.19. The first-order valence-corrected chi connectivity index (χ1v) is 8.00. The molecule has 0 bridgehead atoms. The predicted molar refractivity (Wildman–Crippen MR) is 91.9 cm³/mol. The van der Waals surface area contributed by atoms with E-state index in [2.05, 4.69) is 20.3 Å². The van der Waals surface area contributed by atoms with Crippen molar-refractivity contribution in [3.63, 3.8) is 0 Å². The zero-order chi connectivity index (χ0) is 16.4. The molecule has 23 heavy (non-hydrogen) atoms. The van der Waals surface area contributed by atoms with E-state index in [0.29, 0.717) is 10.8 Å². The molecule has 1 aromatic carbocycles. The maximum Gasteiger partial charge on any atom is 0.280 e. The summed E-state index contributed by atoms with van der Waals surface area (Å²) < 4.78 is 0.999. The zero-order valence-corrected chi connectivity index (χ0v) is 14.0. The number of carbonyl (C=O) groups is 1. The highest BCUT2D eigenvalue weighted by Crippen LogP contribution is 2.21. The normalized spacial score (nSPS) is 10.7. The van der Waals surface area contributed by atoms with E-state index in [1.807, 2.05) is 56.3 Å². The first-order chi connectivity index (χ1) is 11.0. The maximum atomic E-state index is 12.3. The summed E-state index contributed by atoms with van der Waals surface area (Å²) in [5, 5.41) is 3.29. The summed E-state index contributed by atoms with van der Waals surface area (Å²) in [4.78, 5) is 27.3. The number of carbonyl (C=O) groups excluding carboxylic acids is 1. The van der Waals surface area contributed by atoms with E-state index in [1.165, 1.54) is 11.3 Å². The van der Waals surface area contributed by atoms with Gasteiger partial charge in [-0.1, -0.05) is 12.1 Å². The van der Waals surface area contributed by atoms with E-state index in [0.717, 1.165) is 21.7 Å². The van der Waals surface area contributed by atoms with E-state index in [9.17, 15) is 4.79 Å². The molecular formula is C16H17N5OS. The molecule has 6 nitrogen and oxygen atoms in total. The molecule has 0 saturated carbocycles. The van der Waals surface area contributed by atoms with Crippen LogP contribution in [0.4, 0.5) is 5.82 Å². The zero-order valence-electron chi connectivity index (χ0n) is 13.2. The first-order valence-electron chi connectivity index (χ1n) is 7.18. The van der Waals surface area contributed by atoms with Crippen LogP contribution < -0.4 is 10.2 Å². The van der Waals surface area contributed by atoms with Gasteiger partial charge in [-0.2, -0.15) is 0 Å². The SMILES string of the molecule is Cc1cc(N(C)C)nc(CNC(=O)c2nc3ccccc3s2)n1. The molecule has 3 rings (SSSR count). The van der Waals surface area contributed by atoms with Gasteiger partial charge in [0.1, 0.15) is 11.6 Å². The summed E-state index contributed by atoms with van der Waals surface area (Å²) in [6.07, 6.45) is 0. The Labute approximate surface area is 138 Å². The van der Waals surface area contributed by atoms with Crippen molar-refractivity contribution in [1.29, 1.82) is 0 Å². The van der Waals surface area contributed by atoms with E-state index < -0.39 is 0 Å². The smallest absolute Gasteiger partial charge is 0.280 e. The van der Waals surface area contributed by atoms with Crippen LogP contribution in [0.25, 0.3) is 10.2 Å². The molecule has 2 aromatic heterocycles. The lowest BCUT2D eigenvalue weighted by molar-refractivity contribution is 0.0949. The molecule has 0 unspecified atom stereocenters. The number of rotatable bonds is 4. The van der Waals surface area contributed by atoms with Crippen LogP contribution in [0.15, 0.2) is 30.3 Å². The van der Waals surface area contributed by atoms with Crippen LogP contribution in [-0.2, 0) is 6.54 Å². The summed E-state index contributed by atoms with van der Waals surface area (Å²) in [5.41, 5.74) is 1.71. The van der Waals surface area contributed by atoms with Gasteiger partial charge in [0.05, 0.1) is 16.8 Å². The van der Waals surface area contributed by atoms with E-state index in [-0.39, 0.29) is 12.5 Å². The van der Waals surface area contributed by atoms with Crippen molar-refractivity contribution >= 4 is 33.3 Å². The molecule has 0 radical (unpaired) electrons. The number of hydrogen-bond acceptors (Lipinski definition) is 6. The number of anilines is 1. The number of aromatic nitrogens is 3. The molecule has 3 aromatic rings. The summed E-state index contributed by atoms with van der Waals surface area (Å²) in [6, 6.07) is 9.60. The van der Waals surface area contributed by atoms with Crippen LogP contribution in [0.5, 0.6) is 0 Å². The average molecular weight is 327 g/mol. The molecule has 0 aliphatic carbocycles. The van der Waals surface area contributed by atoms with Crippen molar-refractivity contribution in [2.75, 3.05) is 19.0 Å². The Balaban J connectivity index is 1.73. The number of benzene rings is 1. The fraction of sp³-hybridized carbons (Fsp3) is 0.250. The van der Waals surface area contributed by atoms with Crippen molar-refractivity contribution < 1.29 is 4.79 Å². The average Bonchev–Trinajstić information content (AvgIpc) is 2.96. The highest BCUT2D eigenvalue weighted by Gasteiger charge is 2.12. The second-order valence-electron chi connectivity index (χ2n) is 5.35. The lowest BCUT2D eigenvalue weighted by Crippen LogP contribution is -2.24. The molecule has 0 atom stereocenters. The van der Waals surface area contributed by atoms with Crippen LogP contribution >= 0.6 is 11.3 Å². The standard InChI is InChI=1S/C16H17N5OS/c1-10-8-14(21(2)3)20-13(18-10)9-17-15(22)16-19-11-6-4-5-7-12(11)23-16/h4-8H,9H2,1-3H3,(H,17,22). The van der Waals surface area contributed by atoms with Crippen molar-refractivity contribution in [3.05, 3.63) is 46.9 Å². The van der Waals surface area contributed by atoms with Crippen molar-refractivity contribution in [2.24, 2.45) is 0 Å². The van der Waals surface area contributed by atoms with Gasteiger partial charge in [-0.3, -0.25) is 4.79 Å². The molecule has 118 valence electrons. The van der Waals surface area contributed by atoms with Crippen LogP contribution in [0, 0.1) is 6.92 Å². The number of para-hydroxylation sites is 1. The molecule has 0 aliphatic heterocycles. The van der Waals surface area contributed by atoms with Gasteiger partial charge in [-0.25, -0.2) is 15.0 Å². The number of thiazole rings is 1. The molecule has 0 fully saturated rings. The Morgan fingerprint density at radius 1 is 1.22 bits per heavy atom. The second-order valence-corrected chi connectivity index (χ2v) is 6.38. The van der Waals surface area contributed by atoms with Gasteiger partial charge in [-0.05, 0) is 19.1 Å². The van der Waals surface area contributed by atoms with Crippen LogP contribution in [-0.4, -0.2) is 35.0 Å². The molecule has 2 heterocycles. The van der Waals surface area contributed by atoms with E-state index >= 15 is 0 Å². The van der Waals surface area contributed by atoms with E-state index in [4.69, 9.17) is 0 Å². The van der Waals surface area contributed by atoms with E-state index in [1.54, 1.807) is 0 Å². The molecular weight excluding hydrogens is 310 g/mol. The third kappa shape index (κ3) is 3.45. The number of hydrogen-bond donors (Lipinski definition) is 1. The van der Waals surface area contributed by atoms with Crippen LogP contribution in [0.3, 0.4) is 0 Å². The largest absolute Gasteiger partial charge is 0.363 e. The highest BCUT2D eigenvalue weighted by atomic mass is 32.1. The van der Waals surface area contributed by atoms with Gasteiger partial charge in [-0.15, -0.1) is 11.3 Å². The lowest BCUT2D eigenvalue weighted by atomic mass is 10.3. The molecule has 1 amide bonds. The number of nitrogens with one attached hydrogen (secondary N) is 1. The third-order valence-electron chi connectivity index (χ3n) is 3.24. The number of aryl methyl sites for hydroxylation is 1. The Kier molecular flexibility index (Phi) is 4.20. The fourth-order valence-corrected chi connectivity index (χ4v) is 3.01. The summed E-state index contributed by atoms with van der Waals surface area (Å²) >= 11 is 1.38. The summed E-state index contributed by atoms with van der Waals surface area (Å²) in [7, 11) is 3.84. The monoisotopic (exact) mass is 327 g/mol. The number of amides is 1. The molecule has 1 N–H and O–H groups in total. The van der Waals surface area contributed by atoms with Crippen LogP contribution in [0.1, 0.15) is 21.3 Å². The maximum absolute atomic E-state index is 12.3. The van der Waals surface area contributed by atoms with Gasteiger partial charge < -0.3 is 10.2 Å². The van der Waals surface area contributed by atoms with Crippen molar-refractivity contribution in [3.8, 4) is 0 Å². The van der Waals surface area contributed by atoms with Gasteiger partial charge in [0, 0.05) is 25.9 Å². The Morgan fingerprint density at radius 2 is 2.00 bits per heavy atom. The Bertz CT molecular complexity index is 826. The van der Waals surface area contributed by atoms with Gasteiger partial charge in [0.2, 0.25) is 0 Å². The van der Waals surface area contributed by atoms with Gasteiger partial charge >= 0.3 is 0 Å². The second kappa shape index (κ2) is 6.29. The highest BCUT2D eigenvalue weighted by molar-refractivity contribution is 7.20. The first kappa shape index (κ1) is 15.4. The minimum absolute atomic E-state index is 0.206. The van der Waals surface area contributed by atoms with Crippen molar-refractivity contribution in [1.82, 2.24) is 20.3 Å². The molecule has 7 heteroatoms. The van der Waals surface area contributed by atoms with Gasteiger partial charge in [0.15, 0.2) is 5.01 Å². The minimum atomic E-state index is -0.206. The lowest BCUT2D eigenvalue weighted by Gasteiger charge is -2.13. The topological polar surface area (TPSA) is 71.0 Å². The Morgan fingerprint density at radius 3 is 2.74 bits per heavy atom. The molecule has 0 spiro atoms.